The number of benzene rings is 1. The van der Waals surface area contributed by atoms with Crippen molar-refractivity contribution in [3.8, 4) is 5.75 Å². The molecular weight excluding hydrogens is 320 g/mol. The van der Waals surface area contributed by atoms with Crippen LogP contribution in [0.25, 0.3) is 0 Å². The lowest BCUT2D eigenvalue weighted by Crippen LogP contribution is -2.53. The molecule has 146 valence electrons. The molecule has 2 heteroatoms. The quantitative estimate of drug-likeness (QED) is 0.720. The Balaban J connectivity index is 2.04. The fourth-order valence-corrected chi connectivity index (χ4v) is 6.94. The average molecular weight is 359 g/mol. The van der Waals surface area contributed by atoms with Crippen LogP contribution in [0.3, 0.4) is 0 Å². The number of methoxy groups -OCH3 is 1. The van der Waals surface area contributed by atoms with Gasteiger partial charge in [0.25, 0.3) is 0 Å². The maximum atomic E-state index is 10.5. The second-order valence-electron chi connectivity index (χ2n) is 10.1. The molecule has 1 N–H and O–H groups in total. The van der Waals surface area contributed by atoms with Crippen molar-refractivity contribution in [3.63, 3.8) is 0 Å². The lowest BCUT2D eigenvalue weighted by Gasteiger charge is -2.60. The van der Waals surface area contributed by atoms with Crippen LogP contribution < -0.4 is 4.74 Å². The van der Waals surface area contributed by atoms with Crippen LogP contribution in [0.5, 0.6) is 5.75 Å². The van der Waals surface area contributed by atoms with Gasteiger partial charge in [0, 0.05) is 5.92 Å². The molecule has 2 nitrogen and oxygen atoms in total. The van der Waals surface area contributed by atoms with Gasteiger partial charge in [0.15, 0.2) is 0 Å². The summed E-state index contributed by atoms with van der Waals surface area (Å²) >= 11 is 0. The van der Waals surface area contributed by atoms with Gasteiger partial charge >= 0.3 is 0 Å². The molecule has 2 aliphatic carbocycles. The number of aliphatic hydroxyl groups excluding tert-OH is 1. The largest absolute Gasteiger partial charge is 0.497 e. The number of aryl methyl sites for hydroxylation is 1. The first-order valence-corrected chi connectivity index (χ1v) is 10.5. The number of hydrogen-bond donors (Lipinski definition) is 1. The van der Waals surface area contributed by atoms with Crippen LogP contribution in [-0.2, 0) is 0 Å². The second-order valence-corrected chi connectivity index (χ2v) is 10.1. The highest BCUT2D eigenvalue weighted by molar-refractivity contribution is 5.36. The number of hydrogen-bond acceptors (Lipinski definition) is 2. The van der Waals surface area contributed by atoms with Crippen LogP contribution in [0.15, 0.2) is 18.2 Å². The van der Waals surface area contributed by atoms with Gasteiger partial charge in [0.1, 0.15) is 5.75 Å². The van der Waals surface area contributed by atoms with Crippen LogP contribution in [0.2, 0.25) is 0 Å². The topological polar surface area (TPSA) is 29.5 Å². The van der Waals surface area contributed by atoms with Crippen molar-refractivity contribution in [3.05, 3.63) is 29.3 Å². The molecule has 0 saturated heterocycles. The van der Waals surface area contributed by atoms with Gasteiger partial charge in [-0.25, -0.2) is 0 Å². The van der Waals surface area contributed by atoms with E-state index in [1.54, 1.807) is 7.11 Å². The van der Waals surface area contributed by atoms with Crippen molar-refractivity contribution in [2.75, 3.05) is 13.7 Å². The van der Waals surface area contributed by atoms with Crippen molar-refractivity contribution in [2.45, 2.75) is 72.6 Å². The van der Waals surface area contributed by atoms with E-state index in [2.05, 4.69) is 52.8 Å². The average Bonchev–Trinajstić information content (AvgIpc) is 2.56. The predicted octanol–water partition coefficient (Wildman–Crippen LogP) is 5.96. The van der Waals surface area contributed by atoms with Gasteiger partial charge in [-0.15, -0.1) is 0 Å². The molecule has 2 saturated carbocycles. The van der Waals surface area contributed by atoms with Crippen molar-refractivity contribution < 1.29 is 9.84 Å². The first kappa shape index (κ1) is 19.7. The van der Waals surface area contributed by atoms with E-state index in [0.29, 0.717) is 22.7 Å². The summed E-state index contributed by atoms with van der Waals surface area (Å²) in [5.74, 6) is 3.03. The lowest BCUT2D eigenvalue weighted by molar-refractivity contribution is -0.107. The maximum absolute atomic E-state index is 10.5. The third-order valence-corrected chi connectivity index (χ3v) is 7.93. The van der Waals surface area contributed by atoms with Crippen molar-refractivity contribution >= 4 is 0 Å². The zero-order valence-electron chi connectivity index (χ0n) is 17.6. The fourth-order valence-electron chi connectivity index (χ4n) is 6.94. The van der Waals surface area contributed by atoms with E-state index in [1.165, 1.54) is 43.2 Å². The summed E-state index contributed by atoms with van der Waals surface area (Å²) in [6.45, 7) is 12.3. The number of rotatable bonds is 4. The number of ether oxygens (including phenoxy) is 1. The first-order chi connectivity index (χ1) is 12.2. The fraction of sp³-hybridized carbons (Fsp3) is 0.750. The van der Waals surface area contributed by atoms with Gasteiger partial charge in [-0.05, 0) is 78.0 Å². The van der Waals surface area contributed by atoms with Crippen molar-refractivity contribution in [2.24, 2.45) is 28.6 Å². The Morgan fingerprint density at radius 1 is 1.15 bits per heavy atom. The highest BCUT2D eigenvalue weighted by Gasteiger charge is 2.55. The number of aliphatic hydroxyl groups is 1. The minimum absolute atomic E-state index is 0.195. The molecule has 5 atom stereocenters. The van der Waals surface area contributed by atoms with E-state index in [-0.39, 0.29) is 12.5 Å². The maximum Gasteiger partial charge on any atom is 0.119 e. The summed E-state index contributed by atoms with van der Waals surface area (Å²) in [5, 5.41) is 10.5. The Labute approximate surface area is 160 Å². The molecular formula is C24H38O2. The van der Waals surface area contributed by atoms with Crippen LogP contribution in [0.1, 0.15) is 76.8 Å². The van der Waals surface area contributed by atoms with Gasteiger partial charge < -0.3 is 9.84 Å². The molecule has 3 rings (SSSR count). The normalized spacial score (nSPS) is 34.8. The van der Waals surface area contributed by atoms with Gasteiger partial charge in [0.05, 0.1) is 13.7 Å². The summed E-state index contributed by atoms with van der Waals surface area (Å²) in [7, 11) is 1.73. The summed E-state index contributed by atoms with van der Waals surface area (Å²) < 4.78 is 5.53. The molecule has 0 spiro atoms. The van der Waals surface area contributed by atoms with Crippen molar-refractivity contribution in [1.82, 2.24) is 0 Å². The molecule has 5 unspecified atom stereocenters. The van der Waals surface area contributed by atoms with Gasteiger partial charge in [0.2, 0.25) is 0 Å². The second kappa shape index (κ2) is 7.19. The highest BCUT2D eigenvalue weighted by atomic mass is 16.5. The van der Waals surface area contributed by atoms with E-state index >= 15 is 0 Å². The van der Waals surface area contributed by atoms with Crippen LogP contribution >= 0.6 is 0 Å². The lowest BCUT2D eigenvalue weighted by atomic mass is 9.44. The molecule has 0 bridgehead atoms. The van der Waals surface area contributed by atoms with E-state index < -0.39 is 0 Å². The third kappa shape index (κ3) is 3.30. The Morgan fingerprint density at radius 3 is 2.54 bits per heavy atom. The number of fused-ring (bicyclic) bond motifs is 1. The predicted molar refractivity (Wildman–Crippen MR) is 109 cm³/mol. The minimum Gasteiger partial charge on any atom is -0.497 e. The summed E-state index contributed by atoms with van der Waals surface area (Å²) in [5.41, 5.74) is 3.19. The van der Waals surface area contributed by atoms with Crippen LogP contribution in [-0.4, -0.2) is 18.8 Å². The zero-order chi connectivity index (χ0) is 19.1. The SMILES string of the molecule is COc1cc(C)cc(C(CO)C2C(C)CCC3C(C)(C)CCCC23C)c1. The van der Waals surface area contributed by atoms with E-state index in [9.17, 15) is 5.11 Å². The monoisotopic (exact) mass is 358 g/mol. The molecule has 0 heterocycles. The van der Waals surface area contributed by atoms with E-state index in [0.717, 1.165) is 11.7 Å². The molecule has 2 fully saturated rings. The molecule has 0 aromatic heterocycles. The van der Waals surface area contributed by atoms with E-state index in [1.807, 2.05) is 0 Å². The van der Waals surface area contributed by atoms with Gasteiger partial charge in [-0.2, -0.15) is 0 Å². The molecule has 2 aliphatic rings. The Kier molecular flexibility index (Phi) is 5.45. The summed E-state index contributed by atoms with van der Waals surface area (Å²) in [6, 6.07) is 6.50. The highest BCUT2D eigenvalue weighted by Crippen LogP contribution is 2.63. The Bertz CT molecular complexity index is 635. The smallest absolute Gasteiger partial charge is 0.119 e. The van der Waals surface area contributed by atoms with Gasteiger partial charge in [-0.1, -0.05) is 46.6 Å². The van der Waals surface area contributed by atoms with Crippen LogP contribution in [0, 0.1) is 35.5 Å². The Hall–Kier alpha value is -1.02. The Morgan fingerprint density at radius 2 is 1.88 bits per heavy atom. The molecule has 0 aliphatic heterocycles. The van der Waals surface area contributed by atoms with Crippen LogP contribution in [0.4, 0.5) is 0 Å². The molecule has 26 heavy (non-hydrogen) atoms. The third-order valence-electron chi connectivity index (χ3n) is 7.93. The van der Waals surface area contributed by atoms with E-state index in [4.69, 9.17) is 4.74 Å². The first-order valence-electron chi connectivity index (χ1n) is 10.5. The molecule has 0 radical (unpaired) electrons. The standard InChI is InChI=1S/C24H38O2/c1-16-12-18(14-19(13-16)26-6)20(15-25)22-17(2)8-9-21-23(3,4)10-7-11-24(21,22)5/h12-14,17,20-22,25H,7-11,15H2,1-6H3. The zero-order valence-corrected chi connectivity index (χ0v) is 17.6. The molecule has 1 aromatic carbocycles. The summed E-state index contributed by atoms with van der Waals surface area (Å²) in [6.07, 6.45) is 6.59. The van der Waals surface area contributed by atoms with Gasteiger partial charge in [-0.3, -0.25) is 0 Å². The van der Waals surface area contributed by atoms with Crippen molar-refractivity contribution in [1.29, 1.82) is 0 Å². The summed E-state index contributed by atoms with van der Waals surface area (Å²) in [4.78, 5) is 0. The molecule has 1 aromatic rings. The molecule has 0 amide bonds. The minimum atomic E-state index is 0.195.